The van der Waals surface area contributed by atoms with E-state index in [2.05, 4.69) is 31.2 Å². The molecule has 2 unspecified atom stereocenters. The van der Waals surface area contributed by atoms with Crippen molar-refractivity contribution < 1.29 is 0 Å². The lowest BCUT2D eigenvalue weighted by Crippen LogP contribution is -2.60. The lowest BCUT2D eigenvalue weighted by atomic mass is 9.40. The van der Waals surface area contributed by atoms with Crippen molar-refractivity contribution in [3.63, 3.8) is 0 Å². The third-order valence-electron chi connectivity index (χ3n) is 5.58. The fraction of sp³-hybridized carbons (Fsp3) is 0.933. The Hall–Kier alpha value is -0.570. The Morgan fingerprint density at radius 2 is 1.78 bits per heavy atom. The number of rotatable bonds is 2. The monoisotopic (exact) mass is 249 g/mol. The minimum Gasteiger partial charge on any atom is -0.312 e. The molecule has 0 heterocycles. The fourth-order valence-corrected chi connectivity index (χ4v) is 6.24. The molecule has 3 N–H and O–H groups in total. The molecule has 18 heavy (non-hydrogen) atoms. The first-order valence-electron chi connectivity index (χ1n) is 7.44. The van der Waals surface area contributed by atoms with Crippen LogP contribution < -0.4 is 11.3 Å². The maximum Gasteiger partial charge on any atom is 0.117 e. The summed E-state index contributed by atoms with van der Waals surface area (Å²) in [5, 5.41) is 0. The Balaban J connectivity index is 2.00. The van der Waals surface area contributed by atoms with Crippen LogP contribution in [-0.4, -0.2) is 12.4 Å². The number of nitrogens with one attached hydrogen (secondary N) is 1. The lowest BCUT2D eigenvalue weighted by Gasteiger charge is -2.65. The van der Waals surface area contributed by atoms with Gasteiger partial charge >= 0.3 is 0 Å². The molecule has 3 nitrogen and oxygen atoms in total. The van der Waals surface area contributed by atoms with Gasteiger partial charge in [-0.1, -0.05) is 13.8 Å². The number of nitrogens with two attached hydrogens (primary N) is 1. The predicted octanol–water partition coefficient (Wildman–Crippen LogP) is 2.86. The highest BCUT2D eigenvalue weighted by Crippen LogP contribution is 2.69. The van der Waals surface area contributed by atoms with Gasteiger partial charge in [0.2, 0.25) is 0 Å². The van der Waals surface area contributed by atoms with Crippen molar-refractivity contribution in [1.29, 1.82) is 0 Å². The highest BCUT2D eigenvalue weighted by atomic mass is 15.3. The van der Waals surface area contributed by atoms with Crippen molar-refractivity contribution in [2.45, 2.75) is 59.3 Å². The standard InChI is InChI=1S/C15H27N3/c1-4-17-12(18-16)15-7-11-5-13(2,9-15)8-14(3,6-11)10-15/h11H,4-10,16H2,1-3H3,(H,17,18). The van der Waals surface area contributed by atoms with Crippen molar-refractivity contribution in [2.24, 2.45) is 33.0 Å². The molecular formula is C15H27N3. The molecule has 0 aromatic carbocycles. The van der Waals surface area contributed by atoms with E-state index in [1.54, 1.807) is 0 Å². The minimum absolute atomic E-state index is 0.258. The maximum absolute atomic E-state index is 5.79. The summed E-state index contributed by atoms with van der Waals surface area (Å²) in [5.41, 5.74) is 4.26. The summed E-state index contributed by atoms with van der Waals surface area (Å²) in [6.07, 6.45) is 8.14. The number of nitrogens with zero attached hydrogens (tertiary/aromatic N) is 1. The van der Waals surface area contributed by atoms with Crippen molar-refractivity contribution in [2.75, 3.05) is 6.54 Å². The molecule has 2 atom stereocenters. The zero-order valence-electron chi connectivity index (χ0n) is 12.1. The highest BCUT2D eigenvalue weighted by molar-refractivity contribution is 5.88. The predicted molar refractivity (Wildman–Crippen MR) is 75.1 cm³/mol. The third-order valence-corrected chi connectivity index (χ3v) is 5.58. The molecule has 4 rings (SSSR count). The van der Waals surface area contributed by atoms with E-state index in [0.717, 1.165) is 18.3 Å². The average Bonchev–Trinajstić information content (AvgIpc) is 2.20. The van der Waals surface area contributed by atoms with E-state index in [0.29, 0.717) is 10.8 Å². The first-order valence-corrected chi connectivity index (χ1v) is 7.44. The van der Waals surface area contributed by atoms with Crippen LogP contribution in [0.4, 0.5) is 0 Å². The zero-order valence-corrected chi connectivity index (χ0v) is 12.1. The van der Waals surface area contributed by atoms with E-state index >= 15 is 0 Å². The average molecular weight is 249 g/mol. The first kappa shape index (κ1) is 12.5. The van der Waals surface area contributed by atoms with Gasteiger partial charge in [-0.25, -0.2) is 5.84 Å². The topological polar surface area (TPSA) is 50.4 Å². The van der Waals surface area contributed by atoms with E-state index in [-0.39, 0.29) is 5.41 Å². The largest absolute Gasteiger partial charge is 0.312 e. The van der Waals surface area contributed by atoms with Crippen LogP contribution in [0.1, 0.15) is 59.3 Å². The zero-order chi connectivity index (χ0) is 13.0. The van der Waals surface area contributed by atoms with Gasteiger partial charge in [0, 0.05) is 12.0 Å². The molecule has 0 radical (unpaired) electrons. The van der Waals surface area contributed by atoms with Crippen molar-refractivity contribution in [3.05, 3.63) is 0 Å². The van der Waals surface area contributed by atoms with Crippen LogP contribution in [0.25, 0.3) is 0 Å². The van der Waals surface area contributed by atoms with Crippen molar-refractivity contribution >= 4 is 5.84 Å². The molecule has 0 amide bonds. The number of aliphatic imine (C=N–C) groups is 1. The molecule has 4 fully saturated rings. The SMILES string of the molecule is CCN=C(NN)C12CC3CC(C)(CC(C)(C3)C1)C2. The summed E-state index contributed by atoms with van der Waals surface area (Å²) in [6, 6.07) is 0. The van der Waals surface area contributed by atoms with E-state index < -0.39 is 0 Å². The Kier molecular flexibility index (Phi) is 2.58. The minimum atomic E-state index is 0.258. The Bertz CT molecular complexity index is 369. The van der Waals surface area contributed by atoms with Crippen LogP contribution in [0.15, 0.2) is 4.99 Å². The van der Waals surface area contributed by atoms with Gasteiger partial charge in [0.15, 0.2) is 0 Å². The van der Waals surface area contributed by atoms with Crippen LogP contribution in [0.5, 0.6) is 0 Å². The second-order valence-corrected chi connectivity index (χ2v) is 7.88. The molecule has 4 aliphatic rings. The fourth-order valence-electron chi connectivity index (χ4n) is 6.24. The van der Waals surface area contributed by atoms with E-state index in [1.165, 1.54) is 38.5 Å². The molecular weight excluding hydrogens is 222 g/mol. The smallest absolute Gasteiger partial charge is 0.117 e. The molecule has 3 heteroatoms. The summed E-state index contributed by atoms with van der Waals surface area (Å²) in [7, 11) is 0. The molecule has 0 spiro atoms. The molecule has 0 aromatic heterocycles. The van der Waals surface area contributed by atoms with Crippen LogP contribution in [-0.2, 0) is 0 Å². The number of amidine groups is 1. The van der Waals surface area contributed by atoms with Gasteiger partial charge in [0.05, 0.1) is 0 Å². The van der Waals surface area contributed by atoms with Gasteiger partial charge in [-0.05, 0) is 62.2 Å². The summed E-state index contributed by atoms with van der Waals surface area (Å²) in [6.45, 7) is 7.91. The van der Waals surface area contributed by atoms with E-state index in [9.17, 15) is 0 Å². The molecule has 4 saturated carbocycles. The number of hydrogen-bond acceptors (Lipinski definition) is 2. The summed E-state index contributed by atoms with van der Waals surface area (Å²) in [4.78, 5) is 4.68. The molecule has 0 saturated heterocycles. The van der Waals surface area contributed by atoms with Gasteiger partial charge in [-0.3, -0.25) is 4.99 Å². The number of hydrogen-bond donors (Lipinski definition) is 2. The molecule has 0 aromatic rings. The Morgan fingerprint density at radius 3 is 2.22 bits per heavy atom. The van der Waals surface area contributed by atoms with Crippen LogP contribution in [0, 0.1) is 22.2 Å². The van der Waals surface area contributed by atoms with Gasteiger partial charge in [-0.15, -0.1) is 0 Å². The lowest BCUT2D eigenvalue weighted by molar-refractivity contribution is -0.117. The van der Waals surface area contributed by atoms with Crippen molar-refractivity contribution in [1.82, 2.24) is 5.43 Å². The summed E-state index contributed by atoms with van der Waals surface area (Å²) in [5.74, 6) is 7.77. The third kappa shape index (κ3) is 1.70. The van der Waals surface area contributed by atoms with Crippen LogP contribution in [0.2, 0.25) is 0 Å². The van der Waals surface area contributed by atoms with Gasteiger partial charge < -0.3 is 5.43 Å². The van der Waals surface area contributed by atoms with Gasteiger partial charge in [0.1, 0.15) is 5.84 Å². The molecule has 4 bridgehead atoms. The highest BCUT2D eigenvalue weighted by Gasteiger charge is 2.61. The van der Waals surface area contributed by atoms with Crippen LogP contribution >= 0.6 is 0 Å². The molecule has 0 aliphatic heterocycles. The maximum atomic E-state index is 5.79. The normalized spacial score (nSPS) is 50.7. The van der Waals surface area contributed by atoms with Crippen LogP contribution in [0.3, 0.4) is 0 Å². The van der Waals surface area contributed by atoms with E-state index in [1.807, 2.05) is 0 Å². The Morgan fingerprint density at radius 1 is 1.17 bits per heavy atom. The second kappa shape index (κ2) is 3.72. The van der Waals surface area contributed by atoms with E-state index in [4.69, 9.17) is 5.84 Å². The molecule has 102 valence electrons. The first-order chi connectivity index (χ1) is 8.43. The number of hydrazine groups is 1. The quantitative estimate of drug-likeness (QED) is 0.342. The summed E-state index contributed by atoms with van der Waals surface area (Å²) >= 11 is 0. The van der Waals surface area contributed by atoms with Gasteiger partial charge in [0.25, 0.3) is 0 Å². The second-order valence-electron chi connectivity index (χ2n) is 7.88. The van der Waals surface area contributed by atoms with Gasteiger partial charge in [-0.2, -0.15) is 0 Å². The summed E-state index contributed by atoms with van der Waals surface area (Å²) < 4.78 is 0. The van der Waals surface area contributed by atoms with Crippen molar-refractivity contribution in [3.8, 4) is 0 Å². The Labute approximate surface area is 111 Å². The molecule has 4 aliphatic carbocycles.